The van der Waals surface area contributed by atoms with Crippen molar-refractivity contribution in [2.75, 3.05) is 6.61 Å². The number of rotatable bonds is 2. The highest BCUT2D eigenvalue weighted by molar-refractivity contribution is 5.93. The third kappa shape index (κ3) is 2.72. The van der Waals surface area contributed by atoms with E-state index in [0.717, 1.165) is 5.90 Å². The number of benzene rings is 1. The third-order valence-electron chi connectivity index (χ3n) is 2.48. The van der Waals surface area contributed by atoms with E-state index in [-0.39, 0.29) is 5.54 Å². The Kier molecular flexibility index (Phi) is 2.82. The van der Waals surface area contributed by atoms with Crippen molar-refractivity contribution in [2.45, 2.75) is 26.3 Å². The van der Waals surface area contributed by atoms with Crippen molar-refractivity contribution in [1.29, 1.82) is 0 Å². The summed E-state index contributed by atoms with van der Waals surface area (Å²) in [6.45, 7) is 6.89. The van der Waals surface area contributed by atoms with Gasteiger partial charge in [-0.25, -0.2) is 4.99 Å². The maximum Gasteiger partial charge on any atom is 0.209 e. The average Bonchev–Trinajstić information content (AvgIpc) is 2.58. The molecule has 2 nitrogen and oxygen atoms in total. The zero-order chi connectivity index (χ0) is 11.6. The molecule has 1 aliphatic rings. The molecule has 0 fully saturated rings. The van der Waals surface area contributed by atoms with Gasteiger partial charge in [0.2, 0.25) is 5.90 Å². The predicted molar refractivity (Wildman–Crippen MR) is 67.7 cm³/mol. The van der Waals surface area contributed by atoms with E-state index in [0.29, 0.717) is 6.61 Å². The summed E-state index contributed by atoms with van der Waals surface area (Å²) in [4.78, 5) is 4.46. The van der Waals surface area contributed by atoms with Gasteiger partial charge in [-0.1, -0.05) is 29.8 Å². The highest BCUT2D eigenvalue weighted by Gasteiger charge is 2.24. The molecule has 1 aromatic rings. The van der Waals surface area contributed by atoms with Gasteiger partial charge in [-0.2, -0.15) is 0 Å². The van der Waals surface area contributed by atoms with E-state index >= 15 is 0 Å². The van der Waals surface area contributed by atoms with Gasteiger partial charge in [0.1, 0.15) is 6.61 Å². The monoisotopic (exact) mass is 215 g/mol. The molecule has 0 atom stereocenters. The van der Waals surface area contributed by atoms with Crippen LogP contribution in [-0.2, 0) is 4.74 Å². The lowest BCUT2D eigenvalue weighted by molar-refractivity contribution is 0.280. The Morgan fingerprint density at radius 2 is 1.88 bits per heavy atom. The van der Waals surface area contributed by atoms with Crippen LogP contribution in [0, 0.1) is 6.92 Å². The first-order chi connectivity index (χ1) is 7.55. The van der Waals surface area contributed by atoms with E-state index in [1.165, 1.54) is 11.1 Å². The Morgan fingerprint density at radius 1 is 1.19 bits per heavy atom. The number of hydrogen-bond acceptors (Lipinski definition) is 2. The largest absolute Gasteiger partial charge is 0.475 e. The molecule has 0 spiro atoms. The standard InChI is InChI=1S/C14H17NO/c1-11-4-6-12(7-5-11)8-9-13-15-14(2,3)10-16-13/h4-9H,10H2,1-3H3/b9-8+. The lowest BCUT2D eigenvalue weighted by atomic mass is 10.1. The highest BCUT2D eigenvalue weighted by atomic mass is 16.5. The van der Waals surface area contributed by atoms with Crippen LogP contribution < -0.4 is 0 Å². The van der Waals surface area contributed by atoms with Gasteiger partial charge in [0.25, 0.3) is 0 Å². The fourth-order valence-electron chi connectivity index (χ4n) is 1.54. The number of aryl methyl sites for hydroxylation is 1. The van der Waals surface area contributed by atoms with Crippen LogP contribution in [0.15, 0.2) is 35.3 Å². The van der Waals surface area contributed by atoms with E-state index < -0.39 is 0 Å². The summed E-state index contributed by atoms with van der Waals surface area (Å²) in [6, 6.07) is 8.38. The fourth-order valence-corrected chi connectivity index (χ4v) is 1.54. The Morgan fingerprint density at radius 3 is 2.44 bits per heavy atom. The molecule has 1 aromatic carbocycles. The first kappa shape index (κ1) is 10.9. The molecule has 0 unspecified atom stereocenters. The SMILES string of the molecule is Cc1ccc(/C=C/C2=NC(C)(C)CO2)cc1. The first-order valence-electron chi connectivity index (χ1n) is 5.53. The minimum Gasteiger partial charge on any atom is -0.475 e. The van der Waals surface area contributed by atoms with Gasteiger partial charge >= 0.3 is 0 Å². The van der Waals surface area contributed by atoms with E-state index in [1.807, 2.05) is 12.2 Å². The Labute approximate surface area is 96.7 Å². The van der Waals surface area contributed by atoms with E-state index in [4.69, 9.17) is 4.74 Å². The molecule has 0 bridgehead atoms. The van der Waals surface area contributed by atoms with Crippen LogP contribution in [0.25, 0.3) is 6.08 Å². The van der Waals surface area contributed by atoms with Gasteiger partial charge in [0, 0.05) is 6.08 Å². The molecule has 0 radical (unpaired) electrons. The number of ether oxygens (including phenoxy) is 1. The van der Waals surface area contributed by atoms with Crippen molar-refractivity contribution in [3.63, 3.8) is 0 Å². The van der Waals surface area contributed by atoms with Crippen molar-refractivity contribution >= 4 is 12.0 Å². The van der Waals surface area contributed by atoms with Crippen LogP contribution in [0.5, 0.6) is 0 Å². The molecule has 0 aromatic heterocycles. The molecule has 0 saturated heterocycles. The zero-order valence-electron chi connectivity index (χ0n) is 10.0. The van der Waals surface area contributed by atoms with Crippen molar-refractivity contribution in [3.8, 4) is 0 Å². The van der Waals surface area contributed by atoms with Crippen molar-refractivity contribution in [2.24, 2.45) is 4.99 Å². The van der Waals surface area contributed by atoms with Crippen LogP contribution in [0.3, 0.4) is 0 Å². The average molecular weight is 215 g/mol. The van der Waals surface area contributed by atoms with Crippen LogP contribution in [-0.4, -0.2) is 18.0 Å². The van der Waals surface area contributed by atoms with Crippen LogP contribution in [0.1, 0.15) is 25.0 Å². The van der Waals surface area contributed by atoms with Gasteiger partial charge in [-0.05, 0) is 32.4 Å². The minimum atomic E-state index is -0.0764. The molecule has 84 valence electrons. The smallest absolute Gasteiger partial charge is 0.209 e. The maximum atomic E-state index is 5.48. The van der Waals surface area contributed by atoms with Gasteiger partial charge in [-0.3, -0.25) is 0 Å². The first-order valence-corrected chi connectivity index (χ1v) is 5.53. The van der Waals surface area contributed by atoms with Gasteiger partial charge in [0.15, 0.2) is 0 Å². The molecule has 1 aliphatic heterocycles. The second-order valence-corrected chi connectivity index (χ2v) is 4.80. The fraction of sp³-hybridized carbons (Fsp3) is 0.357. The second-order valence-electron chi connectivity index (χ2n) is 4.80. The summed E-state index contributed by atoms with van der Waals surface area (Å²) in [5.41, 5.74) is 2.36. The van der Waals surface area contributed by atoms with Gasteiger partial charge in [-0.15, -0.1) is 0 Å². The summed E-state index contributed by atoms with van der Waals surface area (Å²) in [5, 5.41) is 0. The molecule has 2 rings (SSSR count). The minimum absolute atomic E-state index is 0.0764. The summed E-state index contributed by atoms with van der Waals surface area (Å²) in [6.07, 6.45) is 3.96. The van der Waals surface area contributed by atoms with Crippen LogP contribution in [0.4, 0.5) is 0 Å². The molecule has 0 aliphatic carbocycles. The molecule has 16 heavy (non-hydrogen) atoms. The molecule has 2 heteroatoms. The maximum absolute atomic E-state index is 5.48. The van der Waals surface area contributed by atoms with E-state index in [1.54, 1.807) is 0 Å². The summed E-state index contributed by atoms with van der Waals surface area (Å²) >= 11 is 0. The highest BCUT2D eigenvalue weighted by Crippen LogP contribution is 2.17. The van der Waals surface area contributed by atoms with Crippen molar-refractivity contribution in [3.05, 3.63) is 41.5 Å². The van der Waals surface area contributed by atoms with Gasteiger partial charge < -0.3 is 4.74 Å². The van der Waals surface area contributed by atoms with Crippen LogP contribution >= 0.6 is 0 Å². The quantitative estimate of drug-likeness (QED) is 0.742. The number of aliphatic imine (C=N–C) groups is 1. The predicted octanol–water partition coefficient (Wildman–Crippen LogP) is 3.22. The molecule has 0 N–H and O–H groups in total. The molecular formula is C14H17NO. The third-order valence-corrected chi connectivity index (χ3v) is 2.48. The van der Waals surface area contributed by atoms with E-state index in [9.17, 15) is 0 Å². The molecular weight excluding hydrogens is 198 g/mol. The molecule has 1 heterocycles. The number of hydrogen-bond donors (Lipinski definition) is 0. The summed E-state index contributed by atoms with van der Waals surface area (Å²) in [7, 11) is 0. The van der Waals surface area contributed by atoms with Crippen molar-refractivity contribution < 1.29 is 4.74 Å². The van der Waals surface area contributed by atoms with Crippen LogP contribution in [0.2, 0.25) is 0 Å². The Hall–Kier alpha value is -1.57. The normalized spacial score (nSPS) is 18.6. The lowest BCUT2D eigenvalue weighted by Gasteiger charge is -2.07. The Balaban J connectivity index is 2.08. The molecule has 0 amide bonds. The van der Waals surface area contributed by atoms with Crippen molar-refractivity contribution in [1.82, 2.24) is 0 Å². The summed E-state index contributed by atoms with van der Waals surface area (Å²) < 4.78 is 5.48. The number of nitrogens with zero attached hydrogens (tertiary/aromatic N) is 1. The van der Waals surface area contributed by atoms with Gasteiger partial charge in [0.05, 0.1) is 5.54 Å². The molecule has 0 saturated carbocycles. The van der Waals surface area contributed by atoms with E-state index in [2.05, 4.69) is 50.0 Å². The lowest BCUT2D eigenvalue weighted by Crippen LogP contribution is -2.17. The Bertz CT molecular complexity index is 427. The second kappa shape index (κ2) is 4.12. The summed E-state index contributed by atoms with van der Waals surface area (Å²) in [5.74, 6) is 0.727. The zero-order valence-corrected chi connectivity index (χ0v) is 10.0. The topological polar surface area (TPSA) is 21.6 Å².